The van der Waals surface area contributed by atoms with Crippen molar-refractivity contribution in [2.24, 2.45) is 11.7 Å². The third-order valence-electron chi connectivity index (χ3n) is 3.39. The van der Waals surface area contributed by atoms with Gasteiger partial charge in [-0.3, -0.25) is 0 Å². The normalized spacial score (nSPS) is 13.6. The Morgan fingerprint density at radius 1 is 1.39 bits per heavy atom. The monoisotopic (exact) mass is 252 g/mol. The fraction of sp³-hybridized carbons (Fsp3) is 0.600. The number of rotatable bonds is 7. The summed E-state index contributed by atoms with van der Waals surface area (Å²) in [5.41, 5.74) is 6.55. The van der Waals surface area contributed by atoms with Gasteiger partial charge in [0, 0.05) is 12.0 Å². The van der Waals surface area contributed by atoms with Crippen molar-refractivity contribution in [1.29, 1.82) is 0 Å². The average molecular weight is 252 g/mol. The van der Waals surface area contributed by atoms with E-state index in [-0.39, 0.29) is 11.2 Å². The summed E-state index contributed by atoms with van der Waals surface area (Å²) >= 11 is 0. The molecular weight excluding hydrogens is 227 g/mol. The molecule has 1 atom stereocenters. The molecule has 1 rings (SSSR count). The van der Waals surface area contributed by atoms with Crippen LogP contribution in [-0.4, -0.2) is 19.6 Å². The molecule has 0 heterocycles. The fourth-order valence-electron chi connectivity index (χ4n) is 1.88. The molecule has 0 amide bonds. The lowest BCUT2D eigenvalue weighted by Crippen LogP contribution is -2.34. The Kier molecular flexibility index (Phi) is 5.76. The Hall–Kier alpha value is -0.930. The third-order valence-corrected chi connectivity index (χ3v) is 3.39. The van der Waals surface area contributed by atoms with Crippen LogP contribution in [-0.2, 0) is 5.41 Å². The molecule has 0 fully saturated rings. The van der Waals surface area contributed by atoms with Crippen LogP contribution in [0.4, 0.5) is 4.39 Å². The Balaban J connectivity index is 2.45. The van der Waals surface area contributed by atoms with E-state index in [1.807, 2.05) is 6.07 Å². The van der Waals surface area contributed by atoms with Gasteiger partial charge in [0.05, 0.1) is 0 Å². The van der Waals surface area contributed by atoms with E-state index in [9.17, 15) is 4.39 Å². The van der Waals surface area contributed by atoms with E-state index in [2.05, 4.69) is 26.1 Å². The number of hydrogen-bond acceptors (Lipinski definition) is 2. The van der Waals surface area contributed by atoms with Gasteiger partial charge in [-0.15, -0.1) is 0 Å². The number of nitrogens with two attached hydrogens (primary N) is 1. The zero-order valence-corrected chi connectivity index (χ0v) is 11.7. The van der Waals surface area contributed by atoms with E-state index in [0.29, 0.717) is 5.92 Å². The molecule has 1 aromatic rings. The topological polar surface area (TPSA) is 38.0 Å². The van der Waals surface area contributed by atoms with Crippen LogP contribution in [0.2, 0.25) is 0 Å². The molecule has 0 spiro atoms. The summed E-state index contributed by atoms with van der Waals surface area (Å²) < 4.78 is 13.2. The lowest BCUT2D eigenvalue weighted by Gasteiger charge is -2.26. The summed E-state index contributed by atoms with van der Waals surface area (Å²) in [5.74, 6) is 0.382. The summed E-state index contributed by atoms with van der Waals surface area (Å²) in [6.07, 6.45) is 1.08. The molecular formula is C15H25FN2. The fourth-order valence-corrected chi connectivity index (χ4v) is 1.88. The van der Waals surface area contributed by atoms with E-state index < -0.39 is 0 Å². The van der Waals surface area contributed by atoms with Gasteiger partial charge in [0.15, 0.2) is 0 Å². The smallest absolute Gasteiger partial charge is 0.123 e. The van der Waals surface area contributed by atoms with E-state index >= 15 is 0 Å². The molecule has 0 saturated heterocycles. The third kappa shape index (κ3) is 4.75. The van der Waals surface area contributed by atoms with Crippen LogP contribution in [0.15, 0.2) is 24.3 Å². The molecule has 1 unspecified atom stereocenters. The van der Waals surface area contributed by atoms with Gasteiger partial charge >= 0.3 is 0 Å². The SMILES string of the molecule is CC(CN)CCNCC(C)(C)c1cccc(F)c1. The molecule has 3 N–H and O–H groups in total. The lowest BCUT2D eigenvalue weighted by atomic mass is 9.84. The number of halogens is 1. The van der Waals surface area contributed by atoms with Crippen molar-refractivity contribution in [3.63, 3.8) is 0 Å². The van der Waals surface area contributed by atoms with Gasteiger partial charge in [-0.25, -0.2) is 4.39 Å². The van der Waals surface area contributed by atoms with E-state index in [1.54, 1.807) is 12.1 Å². The minimum atomic E-state index is -0.169. The van der Waals surface area contributed by atoms with Crippen molar-refractivity contribution >= 4 is 0 Å². The van der Waals surface area contributed by atoms with Crippen LogP contribution in [0, 0.1) is 11.7 Å². The first kappa shape index (κ1) is 15.1. The summed E-state index contributed by atoms with van der Waals surface area (Å²) in [5, 5.41) is 3.43. The van der Waals surface area contributed by atoms with Gasteiger partial charge in [0.25, 0.3) is 0 Å². The Morgan fingerprint density at radius 2 is 2.11 bits per heavy atom. The van der Waals surface area contributed by atoms with Crippen molar-refractivity contribution in [1.82, 2.24) is 5.32 Å². The minimum Gasteiger partial charge on any atom is -0.330 e. The number of hydrogen-bond donors (Lipinski definition) is 2. The van der Waals surface area contributed by atoms with Crippen LogP contribution < -0.4 is 11.1 Å². The zero-order valence-electron chi connectivity index (χ0n) is 11.7. The van der Waals surface area contributed by atoms with Crippen LogP contribution in [0.5, 0.6) is 0 Å². The van der Waals surface area contributed by atoms with Crippen molar-refractivity contribution < 1.29 is 4.39 Å². The maximum atomic E-state index is 13.2. The maximum absolute atomic E-state index is 13.2. The Labute approximate surface area is 110 Å². The molecule has 0 radical (unpaired) electrons. The minimum absolute atomic E-state index is 0.0615. The van der Waals surface area contributed by atoms with Crippen molar-refractivity contribution in [3.8, 4) is 0 Å². The largest absolute Gasteiger partial charge is 0.330 e. The molecule has 2 nitrogen and oxygen atoms in total. The maximum Gasteiger partial charge on any atom is 0.123 e. The van der Waals surface area contributed by atoms with Crippen molar-refractivity contribution in [2.75, 3.05) is 19.6 Å². The van der Waals surface area contributed by atoms with E-state index in [0.717, 1.165) is 31.6 Å². The lowest BCUT2D eigenvalue weighted by molar-refractivity contribution is 0.439. The predicted molar refractivity (Wildman–Crippen MR) is 75.1 cm³/mol. The quantitative estimate of drug-likeness (QED) is 0.732. The standard InChI is InChI=1S/C15H25FN2/c1-12(10-17)7-8-18-11-15(2,3)13-5-4-6-14(16)9-13/h4-6,9,12,18H,7-8,10-11,17H2,1-3H3. The highest BCUT2D eigenvalue weighted by molar-refractivity contribution is 5.24. The molecule has 0 aliphatic heterocycles. The van der Waals surface area contributed by atoms with Gasteiger partial charge in [0.2, 0.25) is 0 Å². The highest BCUT2D eigenvalue weighted by atomic mass is 19.1. The second-order valence-electron chi connectivity index (χ2n) is 5.70. The number of benzene rings is 1. The molecule has 102 valence electrons. The van der Waals surface area contributed by atoms with E-state index in [1.165, 1.54) is 6.07 Å². The molecule has 18 heavy (non-hydrogen) atoms. The predicted octanol–water partition coefficient (Wildman–Crippen LogP) is 2.68. The van der Waals surface area contributed by atoms with Crippen LogP contribution in [0.25, 0.3) is 0 Å². The Bertz CT molecular complexity index is 363. The van der Waals surface area contributed by atoms with Gasteiger partial charge < -0.3 is 11.1 Å². The van der Waals surface area contributed by atoms with Gasteiger partial charge in [0.1, 0.15) is 5.82 Å². The molecule has 0 saturated carbocycles. The van der Waals surface area contributed by atoms with Crippen molar-refractivity contribution in [3.05, 3.63) is 35.6 Å². The molecule has 3 heteroatoms. The van der Waals surface area contributed by atoms with Crippen LogP contribution in [0.3, 0.4) is 0 Å². The highest BCUT2D eigenvalue weighted by Crippen LogP contribution is 2.22. The summed E-state index contributed by atoms with van der Waals surface area (Å²) in [4.78, 5) is 0. The molecule has 0 aromatic heterocycles. The first-order chi connectivity index (χ1) is 8.45. The molecule has 0 aliphatic carbocycles. The first-order valence-corrected chi connectivity index (χ1v) is 6.62. The number of nitrogens with one attached hydrogen (secondary N) is 1. The summed E-state index contributed by atoms with van der Waals surface area (Å²) in [7, 11) is 0. The first-order valence-electron chi connectivity index (χ1n) is 6.62. The summed E-state index contributed by atoms with van der Waals surface area (Å²) in [6, 6.07) is 6.84. The highest BCUT2D eigenvalue weighted by Gasteiger charge is 2.20. The second-order valence-corrected chi connectivity index (χ2v) is 5.70. The molecule has 1 aromatic carbocycles. The van der Waals surface area contributed by atoms with Gasteiger partial charge in [-0.1, -0.05) is 32.9 Å². The van der Waals surface area contributed by atoms with Gasteiger partial charge in [-0.05, 0) is 43.1 Å². The van der Waals surface area contributed by atoms with Gasteiger partial charge in [-0.2, -0.15) is 0 Å². The molecule has 0 bridgehead atoms. The second kappa shape index (κ2) is 6.86. The Morgan fingerprint density at radius 3 is 2.72 bits per heavy atom. The van der Waals surface area contributed by atoms with Crippen molar-refractivity contribution in [2.45, 2.75) is 32.6 Å². The average Bonchev–Trinajstić information content (AvgIpc) is 2.34. The van der Waals surface area contributed by atoms with Crippen LogP contribution >= 0.6 is 0 Å². The van der Waals surface area contributed by atoms with Crippen LogP contribution in [0.1, 0.15) is 32.8 Å². The summed E-state index contributed by atoms with van der Waals surface area (Å²) in [6.45, 7) is 8.93. The zero-order chi connectivity index (χ0) is 13.6. The molecule has 0 aliphatic rings. The van der Waals surface area contributed by atoms with E-state index in [4.69, 9.17) is 5.73 Å².